The van der Waals surface area contributed by atoms with Crippen molar-refractivity contribution < 1.29 is 0 Å². The molecule has 0 aliphatic carbocycles. The Balaban J connectivity index is 1.72. The van der Waals surface area contributed by atoms with Crippen LogP contribution in [0.2, 0.25) is 0 Å². The van der Waals surface area contributed by atoms with Crippen molar-refractivity contribution in [3.8, 4) is 11.8 Å². The van der Waals surface area contributed by atoms with Gasteiger partial charge in [0.2, 0.25) is 0 Å². The molecule has 0 aromatic carbocycles. The Bertz CT molecular complexity index is 686. The first-order valence-electron chi connectivity index (χ1n) is 7.23. The zero-order valence-electron chi connectivity index (χ0n) is 12.7. The fourth-order valence-electron chi connectivity index (χ4n) is 2.72. The highest BCUT2D eigenvalue weighted by Gasteiger charge is 2.31. The molecular formula is C17H20N4. The number of nitrogens with zero attached hydrogens (tertiary/aromatic N) is 3. The van der Waals surface area contributed by atoms with Crippen molar-refractivity contribution in [2.24, 2.45) is 7.05 Å². The van der Waals surface area contributed by atoms with Crippen molar-refractivity contribution in [3.63, 3.8) is 0 Å². The molecule has 2 aromatic rings. The Morgan fingerprint density at radius 3 is 2.62 bits per heavy atom. The third kappa shape index (κ3) is 3.32. The third-order valence-electron chi connectivity index (χ3n) is 3.84. The predicted octanol–water partition coefficient (Wildman–Crippen LogP) is 2.07. The molecule has 1 aliphatic heterocycles. The van der Waals surface area contributed by atoms with Crippen LogP contribution in [-0.2, 0) is 7.05 Å². The average Bonchev–Trinajstić information content (AvgIpc) is 3.03. The molecule has 0 saturated carbocycles. The fourth-order valence-corrected chi connectivity index (χ4v) is 2.72. The molecule has 3 rings (SSSR count). The van der Waals surface area contributed by atoms with Gasteiger partial charge in [-0.2, -0.15) is 5.10 Å². The maximum Gasteiger partial charge on any atom is 0.0646 e. The molecular weight excluding hydrogens is 260 g/mol. The minimum absolute atomic E-state index is 0.213. The number of hydrogen-bond donors (Lipinski definition) is 1. The summed E-state index contributed by atoms with van der Waals surface area (Å²) in [5.74, 6) is 6.73. The van der Waals surface area contributed by atoms with E-state index in [-0.39, 0.29) is 5.54 Å². The molecule has 1 saturated heterocycles. The molecule has 0 amide bonds. The largest absolute Gasteiger partial charge is 0.311 e. The van der Waals surface area contributed by atoms with Gasteiger partial charge >= 0.3 is 0 Å². The number of rotatable bonds is 1. The van der Waals surface area contributed by atoms with Gasteiger partial charge in [0.15, 0.2) is 0 Å². The Morgan fingerprint density at radius 2 is 2.05 bits per heavy atom. The number of aryl methyl sites for hydroxylation is 1. The Morgan fingerprint density at radius 1 is 1.24 bits per heavy atom. The summed E-state index contributed by atoms with van der Waals surface area (Å²) in [6.07, 6.45) is 6.66. The van der Waals surface area contributed by atoms with E-state index in [1.54, 1.807) is 10.9 Å². The van der Waals surface area contributed by atoms with Crippen LogP contribution in [0.3, 0.4) is 0 Å². The van der Waals surface area contributed by atoms with Crippen LogP contribution in [0.15, 0.2) is 30.7 Å². The van der Waals surface area contributed by atoms with Crippen molar-refractivity contribution in [2.45, 2.75) is 31.7 Å². The third-order valence-corrected chi connectivity index (χ3v) is 3.84. The van der Waals surface area contributed by atoms with Crippen LogP contribution in [-0.4, -0.2) is 26.8 Å². The van der Waals surface area contributed by atoms with Crippen molar-refractivity contribution in [1.29, 1.82) is 0 Å². The standard InChI is InChI=1S/C17H20N4/c1-17(2)8-15(11-19-17)16-7-6-13(9-18-16)4-5-14-10-20-21(3)12-14/h6-7,9-10,12,15,19H,8,11H2,1-3H3. The van der Waals surface area contributed by atoms with Crippen LogP contribution in [0.1, 0.15) is 43.0 Å². The number of nitrogens with one attached hydrogen (secondary N) is 1. The van der Waals surface area contributed by atoms with E-state index in [1.165, 1.54) is 0 Å². The topological polar surface area (TPSA) is 42.7 Å². The zero-order valence-corrected chi connectivity index (χ0v) is 12.7. The highest BCUT2D eigenvalue weighted by atomic mass is 15.2. The second-order valence-corrected chi connectivity index (χ2v) is 6.29. The molecule has 108 valence electrons. The first kappa shape index (κ1) is 13.8. The molecule has 2 aromatic heterocycles. The monoisotopic (exact) mass is 280 g/mol. The van der Waals surface area contributed by atoms with Crippen molar-refractivity contribution >= 4 is 0 Å². The molecule has 4 nitrogen and oxygen atoms in total. The molecule has 4 heteroatoms. The Hall–Kier alpha value is -2.12. The second kappa shape index (κ2) is 5.34. The van der Waals surface area contributed by atoms with Crippen LogP contribution < -0.4 is 5.32 Å². The average molecular weight is 280 g/mol. The highest BCUT2D eigenvalue weighted by molar-refractivity contribution is 5.40. The molecule has 1 unspecified atom stereocenters. The van der Waals surface area contributed by atoms with E-state index in [9.17, 15) is 0 Å². The summed E-state index contributed by atoms with van der Waals surface area (Å²) in [4.78, 5) is 4.58. The van der Waals surface area contributed by atoms with Crippen LogP contribution in [0.4, 0.5) is 0 Å². The van der Waals surface area contributed by atoms with Crippen molar-refractivity contribution in [2.75, 3.05) is 6.54 Å². The predicted molar refractivity (Wildman–Crippen MR) is 82.9 cm³/mol. The molecule has 1 fully saturated rings. The van der Waals surface area contributed by atoms with Gasteiger partial charge in [0.05, 0.1) is 11.8 Å². The van der Waals surface area contributed by atoms with E-state index in [0.29, 0.717) is 5.92 Å². The summed E-state index contributed by atoms with van der Waals surface area (Å²) < 4.78 is 1.75. The van der Waals surface area contributed by atoms with Gasteiger partial charge in [-0.15, -0.1) is 0 Å². The minimum Gasteiger partial charge on any atom is -0.311 e. The zero-order chi connectivity index (χ0) is 14.9. The summed E-state index contributed by atoms with van der Waals surface area (Å²) in [7, 11) is 1.89. The lowest BCUT2D eigenvalue weighted by Crippen LogP contribution is -2.31. The molecule has 1 atom stereocenters. The normalized spacial score (nSPS) is 20.0. The maximum atomic E-state index is 4.58. The first-order chi connectivity index (χ1) is 10.0. The number of aromatic nitrogens is 3. The van der Waals surface area contributed by atoms with Crippen LogP contribution in [0, 0.1) is 11.8 Å². The summed E-state index contributed by atoms with van der Waals surface area (Å²) in [5.41, 5.74) is 3.22. The van der Waals surface area contributed by atoms with Gasteiger partial charge < -0.3 is 5.32 Å². The lowest BCUT2D eigenvalue weighted by atomic mass is 9.94. The van der Waals surface area contributed by atoms with Crippen LogP contribution >= 0.6 is 0 Å². The van der Waals surface area contributed by atoms with Gasteiger partial charge in [-0.3, -0.25) is 9.67 Å². The van der Waals surface area contributed by atoms with Gasteiger partial charge in [0.1, 0.15) is 0 Å². The van der Waals surface area contributed by atoms with E-state index in [4.69, 9.17) is 0 Å². The Kier molecular flexibility index (Phi) is 3.52. The quantitative estimate of drug-likeness (QED) is 0.813. The van der Waals surface area contributed by atoms with Crippen LogP contribution in [0.5, 0.6) is 0 Å². The highest BCUT2D eigenvalue weighted by Crippen LogP contribution is 2.30. The van der Waals surface area contributed by atoms with Crippen molar-refractivity contribution in [1.82, 2.24) is 20.1 Å². The van der Waals surface area contributed by atoms with E-state index < -0.39 is 0 Å². The number of hydrogen-bond acceptors (Lipinski definition) is 3. The smallest absolute Gasteiger partial charge is 0.0646 e. The summed E-state index contributed by atoms with van der Waals surface area (Å²) in [5, 5.41) is 7.63. The first-order valence-corrected chi connectivity index (χ1v) is 7.23. The molecule has 0 spiro atoms. The summed E-state index contributed by atoms with van der Waals surface area (Å²) >= 11 is 0. The number of pyridine rings is 1. The van der Waals surface area contributed by atoms with Gasteiger partial charge in [-0.1, -0.05) is 11.8 Å². The van der Waals surface area contributed by atoms with Gasteiger partial charge in [0, 0.05) is 48.7 Å². The van der Waals surface area contributed by atoms with E-state index in [0.717, 1.165) is 29.8 Å². The lowest BCUT2D eigenvalue weighted by molar-refractivity contribution is 0.455. The maximum absolute atomic E-state index is 4.58. The van der Waals surface area contributed by atoms with Gasteiger partial charge in [0.25, 0.3) is 0 Å². The molecule has 0 bridgehead atoms. The van der Waals surface area contributed by atoms with Crippen LogP contribution in [0.25, 0.3) is 0 Å². The summed E-state index contributed by atoms with van der Waals surface area (Å²) in [6, 6.07) is 4.15. The van der Waals surface area contributed by atoms with Gasteiger partial charge in [-0.05, 0) is 32.4 Å². The van der Waals surface area contributed by atoms with E-state index in [2.05, 4.69) is 53.2 Å². The molecule has 1 N–H and O–H groups in total. The molecule has 0 radical (unpaired) electrons. The summed E-state index contributed by atoms with van der Waals surface area (Å²) in [6.45, 7) is 5.47. The van der Waals surface area contributed by atoms with E-state index in [1.807, 2.05) is 19.4 Å². The fraction of sp³-hybridized carbons (Fsp3) is 0.412. The Labute approximate surface area is 125 Å². The van der Waals surface area contributed by atoms with Crippen molar-refractivity contribution in [3.05, 3.63) is 47.5 Å². The minimum atomic E-state index is 0.213. The molecule has 3 heterocycles. The molecule has 1 aliphatic rings. The van der Waals surface area contributed by atoms with Gasteiger partial charge in [-0.25, -0.2) is 0 Å². The molecule has 21 heavy (non-hydrogen) atoms. The SMILES string of the molecule is Cn1cc(C#Cc2ccc(C3CNC(C)(C)C3)nc2)cn1. The lowest BCUT2D eigenvalue weighted by Gasteiger charge is -2.17. The van der Waals surface area contributed by atoms with E-state index >= 15 is 0 Å². The second-order valence-electron chi connectivity index (χ2n) is 6.29.